The molecule has 1 aromatic heterocycles. The van der Waals surface area contributed by atoms with Gasteiger partial charge in [-0.15, -0.1) is 0 Å². The molecule has 1 heterocycles. The zero-order valence-electron chi connectivity index (χ0n) is 10.9. The summed E-state index contributed by atoms with van der Waals surface area (Å²) >= 11 is 12.0. The first-order chi connectivity index (χ1) is 8.91. The zero-order valence-corrected chi connectivity index (χ0v) is 12.5. The summed E-state index contributed by atoms with van der Waals surface area (Å²) in [5.74, 6) is -0.134. The van der Waals surface area contributed by atoms with Crippen LogP contribution in [0, 0.1) is 6.92 Å². The van der Waals surface area contributed by atoms with E-state index in [4.69, 9.17) is 23.2 Å². The molecular weight excluding hydrogens is 283 g/mol. The van der Waals surface area contributed by atoms with Gasteiger partial charge in [-0.2, -0.15) is 5.10 Å². The number of aryl methyl sites for hydroxylation is 1. The molecule has 0 bridgehead atoms. The van der Waals surface area contributed by atoms with Gasteiger partial charge in [-0.05, 0) is 44.5 Å². The van der Waals surface area contributed by atoms with Crippen LogP contribution < -0.4 is 0 Å². The molecule has 2 aromatic rings. The monoisotopic (exact) mass is 296 g/mol. The van der Waals surface area contributed by atoms with E-state index < -0.39 is 0 Å². The fourth-order valence-corrected chi connectivity index (χ4v) is 2.40. The van der Waals surface area contributed by atoms with E-state index in [0.29, 0.717) is 21.3 Å². The SMILES string of the molecule is Cc1cc(Cl)ccc1C(=O)c1c(Cl)cnn1C(C)C. The number of ketones is 1. The molecule has 0 N–H and O–H groups in total. The maximum Gasteiger partial charge on any atom is 0.212 e. The van der Waals surface area contributed by atoms with Crippen molar-refractivity contribution in [3.05, 3.63) is 51.3 Å². The van der Waals surface area contributed by atoms with Gasteiger partial charge < -0.3 is 0 Å². The van der Waals surface area contributed by atoms with Crippen molar-refractivity contribution in [2.45, 2.75) is 26.8 Å². The lowest BCUT2D eigenvalue weighted by Crippen LogP contribution is -2.14. The van der Waals surface area contributed by atoms with Crippen LogP contribution in [0.2, 0.25) is 10.0 Å². The summed E-state index contributed by atoms with van der Waals surface area (Å²) in [6.45, 7) is 5.76. The molecule has 0 saturated heterocycles. The molecule has 3 nitrogen and oxygen atoms in total. The van der Waals surface area contributed by atoms with E-state index in [9.17, 15) is 4.79 Å². The Morgan fingerprint density at radius 3 is 2.58 bits per heavy atom. The topological polar surface area (TPSA) is 34.9 Å². The molecule has 19 heavy (non-hydrogen) atoms. The minimum atomic E-state index is -0.134. The van der Waals surface area contributed by atoms with E-state index in [2.05, 4.69) is 5.10 Å². The van der Waals surface area contributed by atoms with E-state index in [0.717, 1.165) is 5.56 Å². The average Bonchev–Trinajstić information content (AvgIpc) is 2.70. The number of aromatic nitrogens is 2. The van der Waals surface area contributed by atoms with Crippen LogP contribution in [0.25, 0.3) is 0 Å². The van der Waals surface area contributed by atoms with Gasteiger partial charge in [0.05, 0.1) is 11.2 Å². The molecular formula is C14H14Cl2N2O. The molecule has 0 saturated carbocycles. The Kier molecular flexibility index (Phi) is 3.97. The number of nitrogens with zero attached hydrogens (tertiary/aromatic N) is 2. The predicted octanol–water partition coefficient (Wildman–Crippen LogP) is 4.31. The van der Waals surface area contributed by atoms with E-state index in [-0.39, 0.29) is 11.8 Å². The molecule has 5 heteroatoms. The molecule has 0 fully saturated rings. The largest absolute Gasteiger partial charge is 0.287 e. The van der Waals surface area contributed by atoms with Crippen molar-refractivity contribution in [2.24, 2.45) is 0 Å². The lowest BCUT2D eigenvalue weighted by atomic mass is 10.0. The van der Waals surface area contributed by atoms with Crippen LogP contribution in [0.15, 0.2) is 24.4 Å². The standard InChI is InChI=1S/C14H14Cl2N2O/c1-8(2)18-13(12(16)7-17-18)14(19)11-5-4-10(15)6-9(11)3/h4-8H,1-3H3. The second-order valence-corrected chi connectivity index (χ2v) is 5.51. The molecule has 0 unspecified atom stereocenters. The summed E-state index contributed by atoms with van der Waals surface area (Å²) < 4.78 is 1.64. The van der Waals surface area contributed by atoms with Crippen LogP contribution in [0.5, 0.6) is 0 Å². The lowest BCUT2D eigenvalue weighted by molar-refractivity contribution is 0.102. The predicted molar refractivity (Wildman–Crippen MR) is 77.2 cm³/mol. The van der Waals surface area contributed by atoms with Gasteiger partial charge in [-0.25, -0.2) is 0 Å². The third-order valence-corrected chi connectivity index (χ3v) is 3.40. The highest BCUT2D eigenvalue weighted by Crippen LogP contribution is 2.24. The molecule has 0 amide bonds. The normalized spacial score (nSPS) is 11.1. The summed E-state index contributed by atoms with van der Waals surface area (Å²) in [6.07, 6.45) is 1.50. The first kappa shape index (κ1) is 14.1. The molecule has 0 radical (unpaired) electrons. The van der Waals surface area contributed by atoms with Gasteiger partial charge >= 0.3 is 0 Å². The number of carbonyl (C=O) groups is 1. The fraction of sp³-hybridized carbons (Fsp3) is 0.286. The van der Waals surface area contributed by atoms with Crippen molar-refractivity contribution in [2.75, 3.05) is 0 Å². The van der Waals surface area contributed by atoms with Gasteiger partial charge in [0, 0.05) is 16.6 Å². The molecule has 0 aliphatic carbocycles. The van der Waals surface area contributed by atoms with Crippen molar-refractivity contribution in [3.63, 3.8) is 0 Å². The Morgan fingerprint density at radius 2 is 2.00 bits per heavy atom. The van der Waals surface area contributed by atoms with Crippen molar-refractivity contribution in [1.82, 2.24) is 9.78 Å². The number of rotatable bonds is 3. The number of hydrogen-bond acceptors (Lipinski definition) is 2. The Morgan fingerprint density at radius 1 is 1.32 bits per heavy atom. The summed E-state index contributed by atoms with van der Waals surface area (Å²) in [5, 5.41) is 5.12. The molecule has 0 spiro atoms. The fourth-order valence-electron chi connectivity index (χ4n) is 1.95. The van der Waals surface area contributed by atoms with Gasteiger partial charge in [0.1, 0.15) is 5.69 Å². The summed E-state index contributed by atoms with van der Waals surface area (Å²) in [7, 11) is 0. The van der Waals surface area contributed by atoms with Gasteiger partial charge in [0.25, 0.3) is 0 Å². The number of benzene rings is 1. The van der Waals surface area contributed by atoms with E-state index >= 15 is 0 Å². The molecule has 0 atom stereocenters. The molecule has 0 aliphatic rings. The Labute approximate surface area is 122 Å². The Bertz CT molecular complexity index is 632. The molecule has 1 aromatic carbocycles. The van der Waals surface area contributed by atoms with Gasteiger partial charge in [-0.3, -0.25) is 9.48 Å². The minimum Gasteiger partial charge on any atom is -0.287 e. The first-order valence-corrected chi connectivity index (χ1v) is 6.71. The van der Waals surface area contributed by atoms with Crippen molar-refractivity contribution < 1.29 is 4.79 Å². The highest BCUT2D eigenvalue weighted by atomic mass is 35.5. The number of carbonyl (C=O) groups excluding carboxylic acids is 1. The number of hydrogen-bond donors (Lipinski definition) is 0. The smallest absolute Gasteiger partial charge is 0.212 e. The highest BCUT2D eigenvalue weighted by Gasteiger charge is 2.21. The average molecular weight is 297 g/mol. The van der Waals surface area contributed by atoms with Gasteiger partial charge in [-0.1, -0.05) is 23.2 Å². The second-order valence-electron chi connectivity index (χ2n) is 4.67. The van der Waals surface area contributed by atoms with Crippen LogP contribution >= 0.6 is 23.2 Å². The van der Waals surface area contributed by atoms with Crippen molar-refractivity contribution in [1.29, 1.82) is 0 Å². The summed E-state index contributed by atoms with van der Waals surface area (Å²) in [4.78, 5) is 12.6. The molecule has 0 aliphatic heterocycles. The maximum atomic E-state index is 12.6. The van der Waals surface area contributed by atoms with E-state index in [1.165, 1.54) is 6.20 Å². The van der Waals surface area contributed by atoms with E-state index in [1.807, 2.05) is 20.8 Å². The minimum absolute atomic E-state index is 0.0686. The summed E-state index contributed by atoms with van der Waals surface area (Å²) in [6, 6.07) is 5.25. The quantitative estimate of drug-likeness (QED) is 0.791. The van der Waals surface area contributed by atoms with Crippen LogP contribution in [-0.2, 0) is 0 Å². The van der Waals surface area contributed by atoms with Gasteiger partial charge in [0.15, 0.2) is 0 Å². The third-order valence-electron chi connectivity index (χ3n) is 2.89. The molecule has 2 rings (SSSR count). The summed E-state index contributed by atoms with van der Waals surface area (Å²) in [5.41, 5.74) is 1.83. The van der Waals surface area contributed by atoms with Crippen LogP contribution in [0.1, 0.15) is 41.5 Å². The Balaban J connectivity index is 2.53. The highest BCUT2D eigenvalue weighted by molar-refractivity contribution is 6.34. The van der Waals surface area contributed by atoms with Crippen LogP contribution in [0.4, 0.5) is 0 Å². The van der Waals surface area contributed by atoms with E-state index in [1.54, 1.807) is 22.9 Å². The van der Waals surface area contributed by atoms with Crippen LogP contribution in [0.3, 0.4) is 0 Å². The first-order valence-electron chi connectivity index (χ1n) is 5.95. The third kappa shape index (κ3) is 2.67. The lowest BCUT2D eigenvalue weighted by Gasteiger charge is -2.11. The van der Waals surface area contributed by atoms with Crippen molar-refractivity contribution in [3.8, 4) is 0 Å². The van der Waals surface area contributed by atoms with Crippen molar-refractivity contribution >= 4 is 29.0 Å². The second kappa shape index (κ2) is 5.35. The zero-order chi connectivity index (χ0) is 14.2. The number of halogens is 2. The molecule has 100 valence electrons. The maximum absolute atomic E-state index is 12.6. The Hall–Kier alpha value is -1.32. The van der Waals surface area contributed by atoms with Gasteiger partial charge in [0.2, 0.25) is 5.78 Å². The van der Waals surface area contributed by atoms with Crippen LogP contribution in [-0.4, -0.2) is 15.6 Å².